The molecule has 1 aromatic heterocycles. The van der Waals surface area contributed by atoms with E-state index < -0.39 is 6.04 Å². The molecule has 1 aliphatic heterocycles. The van der Waals surface area contributed by atoms with Crippen LogP contribution in [0.1, 0.15) is 35.2 Å². The van der Waals surface area contributed by atoms with E-state index >= 15 is 0 Å². The van der Waals surface area contributed by atoms with Crippen molar-refractivity contribution >= 4 is 40.2 Å². The fraction of sp³-hybridized carbons (Fsp3) is 0.292. The summed E-state index contributed by atoms with van der Waals surface area (Å²) in [7, 11) is 0. The summed E-state index contributed by atoms with van der Waals surface area (Å²) in [6, 6.07) is 13.0. The Balaban J connectivity index is 1.58. The maximum absolute atomic E-state index is 13.0. The van der Waals surface area contributed by atoms with Gasteiger partial charge in [-0.25, -0.2) is 4.98 Å². The standard InChI is InChI=1S/C24H26N4O2S/c1-4-23-25-17(14-31-23)13-28-20-8-6-5-7-19(20)27-24(30)21(28)12-22(29)26-18-10-9-15(2)11-16(18)3/h5-11,14,21H,4,12-13H2,1-3H3,(H,26,29)(H,27,30). The molecule has 160 valence electrons. The first-order valence-electron chi connectivity index (χ1n) is 10.4. The van der Waals surface area contributed by atoms with Crippen molar-refractivity contribution < 1.29 is 9.59 Å². The van der Waals surface area contributed by atoms with Gasteiger partial charge in [0, 0.05) is 11.1 Å². The quantitative estimate of drug-likeness (QED) is 0.591. The van der Waals surface area contributed by atoms with Crippen LogP contribution in [0.25, 0.3) is 0 Å². The Morgan fingerprint density at radius 2 is 2.03 bits per heavy atom. The molecule has 0 spiro atoms. The number of hydrogen-bond acceptors (Lipinski definition) is 5. The third-order valence-corrected chi connectivity index (χ3v) is 6.46. The molecule has 6 nitrogen and oxygen atoms in total. The van der Waals surface area contributed by atoms with Gasteiger partial charge in [-0.1, -0.05) is 36.8 Å². The summed E-state index contributed by atoms with van der Waals surface area (Å²) in [6.07, 6.45) is 0.932. The van der Waals surface area contributed by atoms with Gasteiger partial charge in [-0.05, 0) is 44.0 Å². The Bertz CT molecular complexity index is 1120. The third kappa shape index (κ3) is 4.61. The van der Waals surface area contributed by atoms with Gasteiger partial charge in [0.1, 0.15) is 6.04 Å². The average molecular weight is 435 g/mol. The number of nitrogens with zero attached hydrogens (tertiary/aromatic N) is 2. The smallest absolute Gasteiger partial charge is 0.247 e. The first kappa shape index (κ1) is 21.1. The highest BCUT2D eigenvalue weighted by Crippen LogP contribution is 2.34. The molecule has 2 aromatic carbocycles. The molecule has 2 amide bonds. The highest BCUT2D eigenvalue weighted by atomic mass is 32.1. The van der Waals surface area contributed by atoms with Crippen molar-refractivity contribution in [2.45, 2.75) is 46.2 Å². The normalized spacial score (nSPS) is 15.4. The van der Waals surface area contributed by atoms with E-state index in [4.69, 9.17) is 0 Å². The minimum Gasteiger partial charge on any atom is -0.351 e. The van der Waals surface area contributed by atoms with Crippen LogP contribution in [-0.2, 0) is 22.6 Å². The number of rotatable bonds is 6. The van der Waals surface area contributed by atoms with Crippen molar-refractivity contribution in [2.75, 3.05) is 15.5 Å². The van der Waals surface area contributed by atoms with E-state index in [2.05, 4.69) is 22.5 Å². The molecule has 0 aliphatic carbocycles. The Morgan fingerprint density at radius 3 is 2.77 bits per heavy atom. The largest absolute Gasteiger partial charge is 0.351 e. The number of carbonyl (C=O) groups is 2. The van der Waals surface area contributed by atoms with Gasteiger partial charge in [0.2, 0.25) is 11.8 Å². The van der Waals surface area contributed by atoms with E-state index in [9.17, 15) is 9.59 Å². The molecule has 0 fully saturated rings. The number of aromatic nitrogens is 1. The lowest BCUT2D eigenvalue weighted by atomic mass is 10.0. The molecular weight excluding hydrogens is 408 g/mol. The number of nitrogens with one attached hydrogen (secondary N) is 2. The second-order valence-electron chi connectivity index (χ2n) is 7.81. The summed E-state index contributed by atoms with van der Waals surface area (Å²) in [4.78, 5) is 32.5. The van der Waals surface area contributed by atoms with Crippen molar-refractivity contribution in [1.29, 1.82) is 0 Å². The first-order valence-corrected chi connectivity index (χ1v) is 11.3. The minimum atomic E-state index is -0.618. The van der Waals surface area contributed by atoms with Crippen molar-refractivity contribution in [1.82, 2.24) is 4.98 Å². The SMILES string of the molecule is CCc1nc(CN2c3ccccc3NC(=O)C2CC(=O)Nc2ccc(C)cc2C)cs1. The highest BCUT2D eigenvalue weighted by molar-refractivity contribution is 7.09. The molecule has 4 rings (SSSR count). The number of carbonyl (C=O) groups excluding carboxylic acids is 2. The van der Waals surface area contributed by atoms with Gasteiger partial charge in [-0.3, -0.25) is 9.59 Å². The Labute approximate surface area is 186 Å². The van der Waals surface area contributed by atoms with Gasteiger partial charge in [0.05, 0.1) is 35.0 Å². The Hall–Kier alpha value is -3.19. The van der Waals surface area contributed by atoms with E-state index in [1.165, 1.54) is 0 Å². The fourth-order valence-corrected chi connectivity index (χ4v) is 4.58. The van der Waals surface area contributed by atoms with Crippen LogP contribution in [0, 0.1) is 13.8 Å². The molecule has 7 heteroatoms. The van der Waals surface area contributed by atoms with Crippen LogP contribution in [0.5, 0.6) is 0 Å². The van der Waals surface area contributed by atoms with Crippen LogP contribution >= 0.6 is 11.3 Å². The summed E-state index contributed by atoms with van der Waals surface area (Å²) in [5.74, 6) is -0.371. The number of thiazole rings is 1. The second kappa shape index (κ2) is 8.89. The average Bonchev–Trinajstić information content (AvgIpc) is 3.20. The van der Waals surface area contributed by atoms with Gasteiger partial charge in [-0.2, -0.15) is 0 Å². The molecule has 3 aromatic rings. The van der Waals surface area contributed by atoms with Gasteiger partial charge in [0.15, 0.2) is 0 Å². The van der Waals surface area contributed by atoms with Crippen LogP contribution < -0.4 is 15.5 Å². The molecule has 0 bridgehead atoms. The molecule has 0 saturated carbocycles. The van der Waals surface area contributed by atoms with Gasteiger partial charge in [0.25, 0.3) is 0 Å². The van der Waals surface area contributed by atoms with Gasteiger partial charge >= 0.3 is 0 Å². The van der Waals surface area contributed by atoms with Gasteiger partial charge in [-0.15, -0.1) is 11.3 Å². The van der Waals surface area contributed by atoms with Crippen molar-refractivity contribution in [3.8, 4) is 0 Å². The zero-order chi connectivity index (χ0) is 22.0. The predicted octanol–water partition coefficient (Wildman–Crippen LogP) is 4.68. The maximum atomic E-state index is 13.0. The first-order chi connectivity index (χ1) is 14.9. The van der Waals surface area contributed by atoms with Crippen molar-refractivity contribution in [3.63, 3.8) is 0 Å². The van der Waals surface area contributed by atoms with Crippen LogP contribution in [-0.4, -0.2) is 22.8 Å². The Morgan fingerprint density at radius 1 is 1.23 bits per heavy atom. The molecule has 0 saturated heterocycles. The molecule has 0 radical (unpaired) electrons. The zero-order valence-electron chi connectivity index (χ0n) is 17.9. The van der Waals surface area contributed by atoms with E-state index in [0.717, 1.165) is 45.3 Å². The Kier molecular flexibility index (Phi) is 6.04. The molecular formula is C24H26N4O2S. The lowest BCUT2D eigenvalue weighted by molar-refractivity contribution is -0.122. The number of aryl methyl sites for hydroxylation is 3. The number of para-hydroxylation sites is 2. The number of anilines is 3. The van der Waals surface area contributed by atoms with Crippen LogP contribution in [0.4, 0.5) is 17.1 Å². The summed E-state index contributed by atoms with van der Waals surface area (Å²) >= 11 is 1.62. The summed E-state index contributed by atoms with van der Waals surface area (Å²) in [6.45, 7) is 6.53. The second-order valence-corrected chi connectivity index (χ2v) is 8.75. The third-order valence-electron chi connectivity index (χ3n) is 5.42. The van der Waals surface area contributed by atoms with Gasteiger partial charge < -0.3 is 15.5 Å². The number of hydrogen-bond donors (Lipinski definition) is 2. The van der Waals surface area contributed by atoms with E-state index in [1.54, 1.807) is 11.3 Å². The fourth-order valence-electron chi connectivity index (χ4n) is 3.84. The summed E-state index contributed by atoms with van der Waals surface area (Å²) in [5.41, 5.74) is 5.47. The topological polar surface area (TPSA) is 74.3 Å². The van der Waals surface area contributed by atoms with Crippen LogP contribution in [0.2, 0.25) is 0 Å². The van der Waals surface area contributed by atoms with Crippen LogP contribution in [0.15, 0.2) is 47.8 Å². The van der Waals surface area contributed by atoms with E-state index in [0.29, 0.717) is 6.54 Å². The minimum absolute atomic E-state index is 0.0538. The predicted molar refractivity (Wildman–Crippen MR) is 126 cm³/mol. The monoisotopic (exact) mass is 434 g/mol. The molecule has 2 heterocycles. The van der Waals surface area contributed by atoms with E-state index in [-0.39, 0.29) is 18.2 Å². The molecule has 31 heavy (non-hydrogen) atoms. The number of amides is 2. The maximum Gasteiger partial charge on any atom is 0.247 e. The number of fused-ring (bicyclic) bond motifs is 1. The summed E-state index contributed by atoms with van der Waals surface area (Å²) in [5, 5.41) is 9.01. The lowest BCUT2D eigenvalue weighted by Crippen LogP contribution is -2.49. The van der Waals surface area contributed by atoms with Crippen molar-refractivity contribution in [2.24, 2.45) is 0 Å². The zero-order valence-corrected chi connectivity index (χ0v) is 18.8. The van der Waals surface area contributed by atoms with Crippen molar-refractivity contribution in [3.05, 3.63) is 69.7 Å². The molecule has 1 atom stereocenters. The van der Waals surface area contributed by atoms with E-state index in [1.807, 2.05) is 66.6 Å². The molecule has 1 aliphatic rings. The summed E-state index contributed by atoms with van der Waals surface area (Å²) < 4.78 is 0. The lowest BCUT2D eigenvalue weighted by Gasteiger charge is -2.37. The van der Waals surface area contributed by atoms with Crippen LogP contribution in [0.3, 0.4) is 0 Å². The molecule has 2 N–H and O–H groups in total. The molecule has 1 unspecified atom stereocenters. The number of benzene rings is 2. The highest BCUT2D eigenvalue weighted by Gasteiger charge is 2.34.